The highest BCUT2D eigenvalue weighted by molar-refractivity contribution is 5.90. The molecule has 4 heteroatoms. The molecule has 1 aliphatic rings. The van der Waals surface area contributed by atoms with Crippen LogP contribution in [0.3, 0.4) is 0 Å². The Labute approximate surface area is 199 Å². The Kier molecular flexibility index (Phi) is 5.17. The fourth-order valence-electron chi connectivity index (χ4n) is 4.51. The normalized spacial score (nSPS) is 14.2. The molecule has 5 rings (SSSR count). The van der Waals surface area contributed by atoms with Crippen molar-refractivity contribution >= 4 is 11.5 Å². The monoisotopic (exact) mass is 449 g/mol. The number of aromatic amines is 1. The van der Waals surface area contributed by atoms with Gasteiger partial charge in [-0.05, 0) is 104 Å². The lowest BCUT2D eigenvalue weighted by atomic mass is 9.88. The third kappa shape index (κ3) is 4.03. The van der Waals surface area contributed by atoms with Gasteiger partial charge in [-0.2, -0.15) is 0 Å². The van der Waals surface area contributed by atoms with Gasteiger partial charge in [-0.15, -0.1) is 0 Å². The Bertz CT molecular complexity index is 1440. The molecule has 0 fully saturated rings. The van der Waals surface area contributed by atoms with E-state index in [2.05, 4.69) is 74.3 Å². The zero-order chi connectivity index (χ0) is 24.0. The molecule has 1 aliphatic heterocycles. The van der Waals surface area contributed by atoms with Gasteiger partial charge < -0.3 is 14.8 Å². The van der Waals surface area contributed by atoms with E-state index in [-0.39, 0.29) is 0 Å². The van der Waals surface area contributed by atoms with Crippen molar-refractivity contribution in [2.45, 2.75) is 33.3 Å². The quantitative estimate of drug-likeness (QED) is 0.344. The molecule has 0 atom stereocenters. The smallest absolute Gasteiger partial charge is 0.335 e. The van der Waals surface area contributed by atoms with Crippen LogP contribution in [0.1, 0.15) is 46.5 Å². The van der Waals surface area contributed by atoms with Crippen LogP contribution in [-0.2, 0) is 0 Å². The SMILES string of the molecule is Cc1ccc(C2=CC(C)(C)Oc3ccc(-c4ccc(-c5ccc(C(=O)O)c(C)c5)[nH]4)cc32)cc1. The number of aryl methyl sites for hydroxylation is 2. The van der Waals surface area contributed by atoms with Gasteiger partial charge in [-0.3, -0.25) is 0 Å². The Morgan fingerprint density at radius 2 is 1.44 bits per heavy atom. The number of fused-ring (bicyclic) bond motifs is 1. The van der Waals surface area contributed by atoms with Gasteiger partial charge in [0.2, 0.25) is 0 Å². The number of hydrogen-bond donors (Lipinski definition) is 2. The molecule has 0 bridgehead atoms. The minimum absolute atomic E-state index is 0.323. The lowest BCUT2D eigenvalue weighted by Gasteiger charge is -2.31. The third-order valence-electron chi connectivity index (χ3n) is 6.26. The first-order valence-electron chi connectivity index (χ1n) is 11.4. The number of carboxylic acid groups (broad SMARTS) is 1. The lowest BCUT2D eigenvalue weighted by Crippen LogP contribution is -2.29. The zero-order valence-electron chi connectivity index (χ0n) is 19.8. The standard InChI is InChI=1S/C30H27NO3/c1-18-5-7-20(8-6-18)25-17-30(3,4)34-28-14-10-22(16-24(25)28)27-13-12-26(31-27)21-9-11-23(29(32)33)19(2)15-21/h5-17,31H,1-4H3,(H,32,33). The molecule has 3 aromatic carbocycles. The molecule has 0 aliphatic carbocycles. The first kappa shape index (κ1) is 21.8. The molecule has 34 heavy (non-hydrogen) atoms. The predicted molar refractivity (Wildman–Crippen MR) is 136 cm³/mol. The van der Waals surface area contributed by atoms with E-state index in [0.717, 1.165) is 39.4 Å². The van der Waals surface area contributed by atoms with E-state index in [1.165, 1.54) is 16.7 Å². The molecular weight excluding hydrogens is 422 g/mol. The van der Waals surface area contributed by atoms with Crippen molar-refractivity contribution in [3.63, 3.8) is 0 Å². The maximum absolute atomic E-state index is 11.3. The van der Waals surface area contributed by atoms with Crippen molar-refractivity contribution in [2.24, 2.45) is 0 Å². The molecule has 1 aromatic heterocycles. The molecule has 4 aromatic rings. The number of nitrogens with one attached hydrogen (secondary N) is 1. The van der Waals surface area contributed by atoms with Gasteiger partial charge in [0.15, 0.2) is 0 Å². The van der Waals surface area contributed by atoms with Crippen molar-refractivity contribution in [3.8, 4) is 28.3 Å². The predicted octanol–water partition coefficient (Wildman–Crippen LogP) is 7.27. The van der Waals surface area contributed by atoms with E-state index in [4.69, 9.17) is 4.74 Å². The second-order valence-electron chi connectivity index (χ2n) is 9.46. The van der Waals surface area contributed by atoms with Crippen LogP contribution in [0, 0.1) is 13.8 Å². The minimum atomic E-state index is -0.909. The van der Waals surface area contributed by atoms with Crippen LogP contribution in [0.15, 0.2) is 78.9 Å². The number of aromatic nitrogens is 1. The first-order valence-corrected chi connectivity index (χ1v) is 11.4. The maximum Gasteiger partial charge on any atom is 0.335 e. The van der Waals surface area contributed by atoms with E-state index in [9.17, 15) is 9.90 Å². The molecule has 0 radical (unpaired) electrons. The van der Waals surface area contributed by atoms with E-state index >= 15 is 0 Å². The van der Waals surface area contributed by atoms with Crippen molar-refractivity contribution in [3.05, 3.63) is 107 Å². The number of H-pyrrole nitrogens is 1. The van der Waals surface area contributed by atoms with E-state index in [1.807, 2.05) is 31.2 Å². The first-order chi connectivity index (χ1) is 16.2. The van der Waals surface area contributed by atoms with Crippen LogP contribution < -0.4 is 4.74 Å². The number of benzene rings is 3. The summed E-state index contributed by atoms with van der Waals surface area (Å²) in [5.41, 5.74) is 9.25. The van der Waals surface area contributed by atoms with Gasteiger partial charge in [0, 0.05) is 17.0 Å². The van der Waals surface area contributed by atoms with Gasteiger partial charge in [-0.25, -0.2) is 4.79 Å². The summed E-state index contributed by atoms with van der Waals surface area (Å²) in [4.78, 5) is 14.8. The number of carbonyl (C=O) groups is 1. The number of hydrogen-bond acceptors (Lipinski definition) is 2. The highest BCUT2D eigenvalue weighted by Gasteiger charge is 2.27. The number of carboxylic acids is 1. The van der Waals surface area contributed by atoms with Crippen molar-refractivity contribution in [2.75, 3.05) is 0 Å². The topological polar surface area (TPSA) is 62.3 Å². The summed E-state index contributed by atoms with van der Waals surface area (Å²) in [6.45, 7) is 8.07. The molecule has 4 nitrogen and oxygen atoms in total. The summed E-state index contributed by atoms with van der Waals surface area (Å²) < 4.78 is 6.27. The van der Waals surface area contributed by atoms with Gasteiger partial charge in [0.25, 0.3) is 0 Å². The number of aromatic carboxylic acids is 1. The second kappa shape index (κ2) is 8.07. The Balaban J connectivity index is 1.54. The fraction of sp³-hybridized carbons (Fsp3) is 0.167. The van der Waals surface area contributed by atoms with Crippen LogP contribution in [0.5, 0.6) is 5.75 Å². The molecule has 0 amide bonds. The lowest BCUT2D eigenvalue weighted by molar-refractivity contribution is 0.0696. The minimum Gasteiger partial charge on any atom is -0.483 e. The Hall–Kier alpha value is -4.05. The average Bonchev–Trinajstić information content (AvgIpc) is 3.28. The number of rotatable bonds is 4. The van der Waals surface area contributed by atoms with Gasteiger partial charge >= 0.3 is 5.97 Å². The van der Waals surface area contributed by atoms with Crippen molar-refractivity contribution in [1.82, 2.24) is 4.98 Å². The van der Waals surface area contributed by atoms with Crippen molar-refractivity contribution in [1.29, 1.82) is 0 Å². The molecule has 2 heterocycles. The second-order valence-corrected chi connectivity index (χ2v) is 9.46. The average molecular weight is 450 g/mol. The van der Waals surface area contributed by atoms with Gasteiger partial charge in [0.05, 0.1) is 5.56 Å². The summed E-state index contributed by atoms with van der Waals surface area (Å²) in [7, 11) is 0. The zero-order valence-corrected chi connectivity index (χ0v) is 19.8. The van der Waals surface area contributed by atoms with E-state index in [0.29, 0.717) is 5.56 Å². The molecule has 0 saturated carbocycles. The van der Waals surface area contributed by atoms with Crippen LogP contribution in [0.4, 0.5) is 0 Å². The summed E-state index contributed by atoms with van der Waals surface area (Å²) in [5.74, 6) is -0.0356. The van der Waals surface area contributed by atoms with Gasteiger partial charge in [0.1, 0.15) is 11.4 Å². The van der Waals surface area contributed by atoms with Gasteiger partial charge in [-0.1, -0.05) is 35.9 Å². The molecule has 0 spiro atoms. The molecule has 2 N–H and O–H groups in total. The largest absolute Gasteiger partial charge is 0.483 e. The Morgan fingerprint density at radius 3 is 2.09 bits per heavy atom. The Morgan fingerprint density at radius 1 is 0.824 bits per heavy atom. The van der Waals surface area contributed by atoms with E-state index < -0.39 is 11.6 Å². The third-order valence-corrected chi connectivity index (χ3v) is 6.26. The van der Waals surface area contributed by atoms with E-state index in [1.54, 1.807) is 6.07 Å². The molecule has 0 unspecified atom stereocenters. The number of ether oxygens (including phenoxy) is 1. The summed E-state index contributed by atoms with van der Waals surface area (Å²) in [5, 5.41) is 9.30. The summed E-state index contributed by atoms with van der Waals surface area (Å²) >= 11 is 0. The summed E-state index contributed by atoms with van der Waals surface area (Å²) in [6.07, 6.45) is 2.19. The van der Waals surface area contributed by atoms with Crippen LogP contribution in [-0.4, -0.2) is 21.7 Å². The highest BCUT2D eigenvalue weighted by atomic mass is 16.5. The van der Waals surface area contributed by atoms with Crippen LogP contribution >= 0.6 is 0 Å². The summed E-state index contributed by atoms with van der Waals surface area (Å²) in [6, 6.07) is 24.4. The van der Waals surface area contributed by atoms with Crippen molar-refractivity contribution < 1.29 is 14.6 Å². The van der Waals surface area contributed by atoms with Crippen LogP contribution in [0.2, 0.25) is 0 Å². The maximum atomic E-state index is 11.3. The molecular formula is C30H27NO3. The molecule has 0 saturated heterocycles. The molecule has 170 valence electrons. The van der Waals surface area contributed by atoms with Crippen LogP contribution in [0.25, 0.3) is 28.1 Å². The highest BCUT2D eigenvalue weighted by Crippen LogP contribution is 2.41. The fourth-order valence-corrected chi connectivity index (χ4v) is 4.51.